The van der Waals surface area contributed by atoms with E-state index in [-0.39, 0.29) is 0 Å². The molecule has 0 N–H and O–H groups in total. The van der Waals surface area contributed by atoms with Gasteiger partial charge >= 0.3 is 0 Å². The molecule has 1 fully saturated rings. The molecule has 30 heavy (non-hydrogen) atoms. The molecule has 0 bridgehead atoms. The molecule has 0 aliphatic heterocycles. The lowest BCUT2D eigenvalue weighted by atomic mass is 10.3. The monoisotopic (exact) mass is 416 g/mol. The van der Waals surface area contributed by atoms with Crippen LogP contribution < -0.4 is 9.47 Å². The number of hydrogen-bond acceptors (Lipinski definition) is 2. The molecule has 0 spiro atoms. The molecule has 0 aromatic heterocycles. The molecule has 3 rings (SSSR count). The van der Waals surface area contributed by atoms with E-state index in [0.717, 1.165) is 24.5 Å². The van der Waals surface area contributed by atoms with Crippen LogP contribution in [0.25, 0.3) is 0 Å². The number of benzene rings is 2. The lowest BCUT2D eigenvalue weighted by molar-refractivity contribution is 0.210. The van der Waals surface area contributed by atoms with Crippen molar-refractivity contribution >= 4 is 0 Å². The normalized spacial score (nSPS) is 11.7. The zero-order valence-corrected chi connectivity index (χ0v) is 20.8. The summed E-state index contributed by atoms with van der Waals surface area (Å²) >= 11 is 0. The molecule has 0 unspecified atom stereocenters. The van der Waals surface area contributed by atoms with E-state index in [1.54, 1.807) is 0 Å². The van der Waals surface area contributed by atoms with E-state index in [2.05, 4.69) is 20.8 Å². The summed E-state index contributed by atoms with van der Waals surface area (Å²) in [6.45, 7) is 15.2. The maximum atomic E-state index is 5.78. The van der Waals surface area contributed by atoms with Gasteiger partial charge in [-0.2, -0.15) is 0 Å². The first-order chi connectivity index (χ1) is 14.8. The molecule has 1 aliphatic carbocycles. The molecule has 1 aliphatic rings. The second-order valence-corrected chi connectivity index (χ2v) is 6.56. The van der Waals surface area contributed by atoms with Crippen molar-refractivity contribution in [1.29, 1.82) is 0 Å². The van der Waals surface area contributed by atoms with Gasteiger partial charge in [0.2, 0.25) is 0 Å². The van der Waals surface area contributed by atoms with Gasteiger partial charge < -0.3 is 9.47 Å². The summed E-state index contributed by atoms with van der Waals surface area (Å²) in [5, 5.41) is 0. The van der Waals surface area contributed by atoms with Crippen LogP contribution in [0.4, 0.5) is 0 Å². The Balaban J connectivity index is 0. The van der Waals surface area contributed by atoms with Gasteiger partial charge in [0.15, 0.2) is 0 Å². The number of unbranched alkanes of at least 4 members (excludes halogenated alkanes) is 1. The summed E-state index contributed by atoms with van der Waals surface area (Å²) in [6.07, 6.45) is 9.17. The van der Waals surface area contributed by atoms with Gasteiger partial charge in [-0.1, -0.05) is 97.7 Å². The maximum absolute atomic E-state index is 5.78. The molecule has 1 saturated carbocycles. The summed E-state index contributed by atoms with van der Waals surface area (Å²) < 4.78 is 11.2. The van der Waals surface area contributed by atoms with Crippen molar-refractivity contribution in [2.45, 2.75) is 99.5 Å². The first kappa shape index (κ1) is 30.2. The molecule has 0 saturated heterocycles. The lowest BCUT2D eigenvalue weighted by Gasteiger charge is -2.12. The highest BCUT2D eigenvalue weighted by atomic mass is 16.5. The first-order valence-electron chi connectivity index (χ1n) is 12.2. The van der Waals surface area contributed by atoms with Crippen LogP contribution in [-0.4, -0.2) is 12.7 Å². The average molecular weight is 417 g/mol. The summed E-state index contributed by atoms with van der Waals surface area (Å²) in [7, 11) is 0. The molecular weight excluding hydrogens is 368 g/mol. The summed E-state index contributed by atoms with van der Waals surface area (Å²) in [6, 6.07) is 20.0. The molecule has 2 heteroatoms. The van der Waals surface area contributed by atoms with Gasteiger partial charge in [0.05, 0.1) is 12.7 Å². The third-order valence-electron chi connectivity index (χ3n) is 3.86. The van der Waals surface area contributed by atoms with Gasteiger partial charge in [0, 0.05) is 0 Å². The summed E-state index contributed by atoms with van der Waals surface area (Å²) in [5.41, 5.74) is 0. The van der Waals surface area contributed by atoms with Gasteiger partial charge in [0.1, 0.15) is 11.5 Å². The molecular formula is C28H48O2. The van der Waals surface area contributed by atoms with E-state index in [9.17, 15) is 0 Å². The fourth-order valence-corrected chi connectivity index (χ4v) is 2.55. The van der Waals surface area contributed by atoms with Crippen molar-refractivity contribution < 1.29 is 9.47 Å². The van der Waals surface area contributed by atoms with Gasteiger partial charge in [-0.15, -0.1) is 0 Å². The maximum Gasteiger partial charge on any atom is 0.119 e. The van der Waals surface area contributed by atoms with E-state index < -0.39 is 0 Å². The quantitative estimate of drug-likeness (QED) is 0.437. The minimum Gasteiger partial charge on any atom is -0.494 e. The van der Waals surface area contributed by atoms with Crippen LogP contribution in [0.2, 0.25) is 0 Å². The van der Waals surface area contributed by atoms with Crippen molar-refractivity contribution in [2.75, 3.05) is 6.61 Å². The second-order valence-electron chi connectivity index (χ2n) is 6.56. The van der Waals surface area contributed by atoms with Crippen LogP contribution in [0.5, 0.6) is 11.5 Å². The minimum absolute atomic E-state index is 0.479. The van der Waals surface area contributed by atoms with Crippen LogP contribution in [0.15, 0.2) is 60.7 Å². The number of ether oxygens (including phenoxy) is 2. The Morgan fingerprint density at radius 1 is 0.700 bits per heavy atom. The summed E-state index contributed by atoms with van der Waals surface area (Å²) in [5.74, 6) is 1.99. The minimum atomic E-state index is 0.479. The fraction of sp³-hybridized carbons (Fsp3) is 0.571. The Labute approximate surface area is 188 Å². The first-order valence-corrected chi connectivity index (χ1v) is 12.2. The van der Waals surface area contributed by atoms with Gasteiger partial charge in [-0.25, -0.2) is 0 Å². The third-order valence-corrected chi connectivity index (χ3v) is 3.86. The molecule has 0 atom stereocenters. The Morgan fingerprint density at radius 2 is 1.13 bits per heavy atom. The van der Waals surface area contributed by atoms with E-state index in [1.165, 1.54) is 38.5 Å². The molecule has 2 aromatic rings. The zero-order chi connectivity index (χ0) is 22.9. The number of para-hydroxylation sites is 2. The van der Waals surface area contributed by atoms with Crippen LogP contribution in [0.1, 0.15) is 93.4 Å². The van der Waals surface area contributed by atoms with E-state index in [1.807, 2.05) is 88.4 Å². The van der Waals surface area contributed by atoms with Crippen LogP contribution >= 0.6 is 0 Å². The highest BCUT2D eigenvalue weighted by Crippen LogP contribution is 2.23. The lowest BCUT2D eigenvalue weighted by Crippen LogP contribution is -2.10. The molecule has 0 heterocycles. The van der Waals surface area contributed by atoms with E-state index in [4.69, 9.17) is 9.47 Å². The van der Waals surface area contributed by atoms with Crippen LogP contribution in [0.3, 0.4) is 0 Å². The Hall–Kier alpha value is -1.96. The highest BCUT2D eigenvalue weighted by molar-refractivity contribution is 5.21. The van der Waals surface area contributed by atoms with E-state index >= 15 is 0 Å². The Kier molecular flexibility index (Phi) is 25.3. The van der Waals surface area contributed by atoms with E-state index in [0.29, 0.717) is 6.10 Å². The largest absolute Gasteiger partial charge is 0.494 e. The van der Waals surface area contributed by atoms with Gasteiger partial charge in [-0.3, -0.25) is 0 Å². The molecule has 172 valence electrons. The Bertz CT molecular complexity index is 519. The molecule has 0 radical (unpaired) electrons. The van der Waals surface area contributed by atoms with Crippen LogP contribution in [0, 0.1) is 0 Å². The van der Waals surface area contributed by atoms with Crippen molar-refractivity contribution in [3.05, 3.63) is 60.7 Å². The summed E-state index contributed by atoms with van der Waals surface area (Å²) in [4.78, 5) is 0. The standard InChI is InChI=1S/C11H14O.C10H14O.C3H8.2C2H6/c1-2-6-10(7-3-1)12-11-8-4-5-9-11;1-2-3-9-11-10-7-5-4-6-8-10;1-3-2;2*1-2/h1-3,6-7,11H,4-5,8-9H2;4-8H,2-3,9H2,1H3;3H2,1-2H3;2*1-2H3. The predicted octanol–water partition coefficient (Wildman–Crippen LogP) is 9.34. The number of hydrogen-bond donors (Lipinski definition) is 0. The topological polar surface area (TPSA) is 18.5 Å². The molecule has 2 aromatic carbocycles. The zero-order valence-electron chi connectivity index (χ0n) is 20.8. The van der Waals surface area contributed by atoms with Crippen molar-refractivity contribution in [2.24, 2.45) is 0 Å². The highest BCUT2D eigenvalue weighted by Gasteiger charge is 2.15. The second kappa shape index (κ2) is 25.1. The predicted molar refractivity (Wildman–Crippen MR) is 135 cm³/mol. The van der Waals surface area contributed by atoms with Gasteiger partial charge in [0.25, 0.3) is 0 Å². The third kappa shape index (κ3) is 18.1. The van der Waals surface area contributed by atoms with Crippen molar-refractivity contribution in [1.82, 2.24) is 0 Å². The van der Waals surface area contributed by atoms with Gasteiger partial charge in [-0.05, 0) is 56.4 Å². The smallest absolute Gasteiger partial charge is 0.119 e. The average Bonchev–Trinajstić information content (AvgIpc) is 3.32. The molecule has 2 nitrogen and oxygen atoms in total. The molecule has 0 amide bonds. The number of rotatable bonds is 6. The Morgan fingerprint density at radius 3 is 1.57 bits per heavy atom. The van der Waals surface area contributed by atoms with Crippen LogP contribution in [-0.2, 0) is 0 Å². The van der Waals surface area contributed by atoms with Crippen molar-refractivity contribution in [3.63, 3.8) is 0 Å². The fourth-order valence-electron chi connectivity index (χ4n) is 2.55. The van der Waals surface area contributed by atoms with Crippen molar-refractivity contribution in [3.8, 4) is 11.5 Å². The SMILES string of the molecule is CC.CC.CCC.CCCCOc1ccccc1.c1ccc(OC2CCCC2)cc1.